The summed E-state index contributed by atoms with van der Waals surface area (Å²) in [6, 6.07) is 14.8. The predicted molar refractivity (Wildman–Crippen MR) is 109 cm³/mol. The molecule has 2 aromatic carbocycles. The molecule has 0 atom stereocenters. The number of esters is 1. The maximum Gasteiger partial charge on any atom is 0.307 e. The van der Waals surface area contributed by atoms with Gasteiger partial charge in [0.25, 0.3) is 5.91 Å². The second-order valence-electron chi connectivity index (χ2n) is 6.24. The van der Waals surface area contributed by atoms with Crippen LogP contribution in [0.25, 0.3) is 0 Å². The molecule has 2 aromatic rings. The summed E-state index contributed by atoms with van der Waals surface area (Å²) in [6.45, 7) is 0.264. The molecule has 1 heterocycles. The van der Waals surface area contributed by atoms with E-state index >= 15 is 0 Å². The number of carbonyl (C=O) groups excluding carboxylic acids is 3. The minimum absolute atomic E-state index is 0.0365. The number of hydrogen-bond donors (Lipinski definition) is 0. The zero-order valence-corrected chi connectivity index (χ0v) is 17.0. The van der Waals surface area contributed by atoms with Crippen LogP contribution in [0.4, 0.5) is 5.69 Å². The lowest BCUT2D eigenvalue weighted by Gasteiger charge is -2.19. The van der Waals surface area contributed by atoms with Crippen molar-refractivity contribution in [2.75, 3.05) is 25.0 Å². The monoisotopic (exact) mass is 478 g/mol. The molecule has 0 unspecified atom stereocenters. The maximum atomic E-state index is 12.9. The fraction of sp³-hybridized carbons (Fsp3) is 0.250. The number of ether oxygens (including phenoxy) is 1. The van der Waals surface area contributed by atoms with Crippen molar-refractivity contribution in [1.82, 2.24) is 4.90 Å². The van der Waals surface area contributed by atoms with Crippen LogP contribution >= 0.6 is 22.6 Å². The number of anilines is 1. The smallest absolute Gasteiger partial charge is 0.307 e. The van der Waals surface area contributed by atoms with Gasteiger partial charge in [-0.05, 0) is 46.4 Å². The van der Waals surface area contributed by atoms with Gasteiger partial charge in [0.2, 0.25) is 5.91 Å². The van der Waals surface area contributed by atoms with E-state index in [0.717, 1.165) is 9.13 Å². The molecule has 0 spiro atoms. The Balaban J connectivity index is 1.65. The minimum atomic E-state index is -0.403. The van der Waals surface area contributed by atoms with Crippen LogP contribution in [0.1, 0.15) is 22.3 Å². The first kappa shape index (κ1) is 19.3. The third-order valence-corrected chi connectivity index (χ3v) is 5.04. The highest BCUT2D eigenvalue weighted by Crippen LogP contribution is 2.26. The molecule has 2 amide bonds. The number of nitrogens with zero attached hydrogens (tertiary/aromatic N) is 2. The molecule has 0 fully saturated rings. The topological polar surface area (TPSA) is 66.9 Å². The van der Waals surface area contributed by atoms with Gasteiger partial charge in [0, 0.05) is 17.2 Å². The average Bonchev–Trinajstić information content (AvgIpc) is 2.76. The van der Waals surface area contributed by atoms with E-state index in [1.165, 1.54) is 9.80 Å². The molecule has 27 heavy (non-hydrogen) atoms. The van der Waals surface area contributed by atoms with Crippen molar-refractivity contribution in [3.8, 4) is 0 Å². The van der Waals surface area contributed by atoms with E-state index in [2.05, 4.69) is 22.6 Å². The van der Waals surface area contributed by atoms with Gasteiger partial charge in [-0.3, -0.25) is 14.4 Å². The quantitative estimate of drug-likeness (QED) is 0.490. The first-order valence-electron chi connectivity index (χ1n) is 8.50. The van der Waals surface area contributed by atoms with Gasteiger partial charge in [0.1, 0.15) is 13.2 Å². The zero-order chi connectivity index (χ0) is 19.4. The molecule has 1 aliphatic heterocycles. The summed E-state index contributed by atoms with van der Waals surface area (Å²) in [5.74, 6) is -0.849. The largest absolute Gasteiger partial charge is 0.461 e. The van der Waals surface area contributed by atoms with Gasteiger partial charge in [-0.2, -0.15) is 0 Å². The second kappa shape index (κ2) is 8.51. The van der Waals surface area contributed by atoms with Gasteiger partial charge in [0.05, 0.1) is 17.7 Å². The fourth-order valence-electron chi connectivity index (χ4n) is 2.83. The summed E-state index contributed by atoms with van der Waals surface area (Å²) in [5.41, 5.74) is 1.95. The molecule has 0 aromatic heterocycles. The summed E-state index contributed by atoms with van der Waals surface area (Å²) in [5, 5.41) is 0. The standard InChI is InChI=1S/C20H19IN2O4/c1-22-17-8-7-15(21)11-16(17)20(26)23(12-18(22)24)10-9-19(25)27-13-14-5-3-2-4-6-14/h2-8,11H,9-10,12-13H2,1H3. The molecule has 0 aliphatic carbocycles. The lowest BCUT2D eigenvalue weighted by atomic mass is 10.1. The number of benzene rings is 2. The van der Waals surface area contributed by atoms with E-state index in [-0.39, 0.29) is 37.9 Å². The summed E-state index contributed by atoms with van der Waals surface area (Å²) in [4.78, 5) is 40.2. The van der Waals surface area contributed by atoms with Crippen LogP contribution in [-0.4, -0.2) is 42.8 Å². The molecule has 0 radical (unpaired) electrons. The van der Waals surface area contributed by atoms with E-state index in [1.54, 1.807) is 19.2 Å². The van der Waals surface area contributed by atoms with Crippen molar-refractivity contribution in [3.05, 3.63) is 63.2 Å². The lowest BCUT2D eigenvalue weighted by molar-refractivity contribution is -0.145. The van der Waals surface area contributed by atoms with Gasteiger partial charge in [-0.25, -0.2) is 0 Å². The normalized spacial score (nSPS) is 14.0. The number of fused-ring (bicyclic) bond motifs is 1. The third-order valence-electron chi connectivity index (χ3n) is 4.37. The summed E-state index contributed by atoms with van der Waals surface area (Å²) in [7, 11) is 1.65. The summed E-state index contributed by atoms with van der Waals surface area (Å²) < 4.78 is 6.16. The number of likely N-dealkylation sites (N-methyl/N-ethyl adjacent to an activating group) is 1. The van der Waals surface area contributed by atoms with Gasteiger partial charge < -0.3 is 14.5 Å². The molecule has 7 heteroatoms. The number of hydrogen-bond acceptors (Lipinski definition) is 4. The van der Waals surface area contributed by atoms with Crippen LogP contribution in [0.3, 0.4) is 0 Å². The van der Waals surface area contributed by atoms with Crippen LogP contribution in [0, 0.1) is 3.57 Å². The van der Waals surface area contributed by atoms with Crippen molar-refractivity contribution < 1.29 is 19.1 Å². The molecule has 0 saturated heterocycles. The van der Waals surface area contributed by atoms with Crippen LogP contribution < -0.4 is 4.90 Å². The van der Waals surface area contributed by atoms with Crippen molar-refractivity contribution in [2.24, 2.45) is 0 Å². The Hall–Kier alpha value is -2.42. The lowest BCUT2D eigenvalue weighted by Crippen LogP contribution is -2.39. The van der Waals surface area contributed by atoms with Gasteiger partial charge >= 0.3 is 5.97 Å². The molecule has 6 nitrogen and oxygen atoms in total. The Morgan fingerprint density at radius 1 is 1.15 bits per heavy atom. The molecular formula is C20H19IN2O4. The van der Waals surface area contributed by atoms with Crippen LogP contribution in [-0.2, 0) is 20.9 Å². The second-order valence-corrected chi connectivity index (χ2v) is 7.48. The highest BCUT2D eigenvalue weighted by Gasteiger charge is 2.30. The van der Waals surface area contributed by atoms with Gasteiger partial charge in [-0.1, -0.05) is 30.3 Å². The Morgan fingerprint density at radius 3 is 2.63 bits per heavy atom. The van der Waals surface area contributed by atoms with E-state index in [1.807, 2.05) is 36.4 Å². The Morgan fingerprint density at radius 2 is 1.89 bits per heavy atom. The maximum absolute atomic E-state index is 12.9. The van der Waals surface area contributed by atoms with Crippen molar-refractivity contribution in [3.63, 3.8) is 0 Å². The van der Waals surface area contributed by atoms with E-state index in [4.69, 9.17) is 4.74 Å². The van der Waals surface area contributed by atoms with E-state index in [0.29, 0.717) is 11.3 Å². The van der Waals surface area contributed by atoms with E-state index in [9.17, 15) is 14.4 Å². The zero-order valence-electron chi connectivity index (χ0n) is 14.9. The highest BCUT2D eigenvalue weighted by molar-refractivity contribution is 14.1. The van der Waals surface area contributed by atoms with E-state index < -0.39 is 5.97 Å². The Kier molecular flexibility index (Phi) is 6.10. The van der Waals surface area contributed by atoms with Crippen LogP contribution in [0.5, 0.6) is 0 Å². The number of carbonyl (C=O) groups is 3. The fourth-order valence-corrected chi connectivity index (χ4v) is 3.33. The molecule has 3 rings (SSSR count). The summed E-state index contributed by atoms with van der Waals surface area (Å²) in [6.07, 6.45) is 0.0365. The highest BCUT2D eigenvalue weighted by atomic mass is 127. The van der Waals surface area contributed by atoms with Crippen molar-refractivity contribution >= 4 is 46.1 Å². The first-order chi connectivity index (χ1) is 13.0. The molecule has 1 aliphatic rings. The predicted octanol–water partition coefficient (Wildman–Crippen LogP) is 2.84. The summed E-state index contributed by atoms with van der Waals surface area (Å²) >= 11 is 2.13. The third kappa shape index (κ3) is 4.65. The van der Waals surface area contributed by atoms with Gasteiger partial charge in [-0.15, -0.1) is 0 Å². The van der Waals surface area contributed by atoms with Crippen LogP contribution in [0.15, 0.2) is 48.5 Å². The van der Waals surface area contributed by atoms with Crippen molar-refractivity contribution in [1.29, 1.82) is 0 Å². The molecule has 0 N–H and O–H groups in total. The molecule has 0 bridgehead atoms. The number of halogens is 1. The molecule has 140 valence electrons. The van der Waals surface area contributed by atoms with Crippen molar-refractivity contribution in [2.45, 2.75) is 13.0 Å². The number of rotatable bonds is 5. The average molecular weight is 478 g/mol. The minimum Gasteiger partial charge on any atom is -0.461 e. The molecule has 0 saturated carbocycles. The Labute approximate surface area is 171 Å². The SMILES string of the molecule is CN1C(=O)CN(CCC(=O)OCc2ccccc2)C(=O)c2cc(I)ccc21. The molecular weight excluding hydrogens is 459 g/mol. The Bertz CT molecular complexity index is 870. The van der Waals surface area contributed by atoms with Gasteiger partial charge in [0.15, 0.2) is 0 Å². The number of amides is 2. The first-order valence-corrected chi connectivity index (χ1v) is 9.58. The van der Waals surface area contributed by atoms with Crippen LogP contribution in [0.2, 0.25) is 0 Å².